The van der Waals surface area contributed by atoms with Gasteiger partial charge in [0.05, 0.1) is 14.0 Å². The first-order valence-electron chi connectivity index (χ1n) is 6.89. The molecule has 3 nitrogen and oxygen atoms in total. The topological polar surface area (TPSA) is 34.0 Å². The highest BCUT2D eigenvalue weighted by Crippen LogP contribution is 2.33. The van der Waals surface area contributed by atoms with Gasteiger partial charge in [0, 0.05) is 17.6 Å². The fourth-order valence-corrected chi connectivity index (χ4v) is 4.22. The predicted octanol–water partition coefficient (Wildman–Crippen LogP) is 5.03. The lowest BCUT2D eigenvalue weighted by molar-refractivity contribution is 0.0947. The molecule has 0 aliphatic rings. The van der Waals surface area contributed by atoms with Crippen LogP contribution in [-0.4, -0.2) is 17.0 Å². The molecule has 0 saturated carbocycles. The van der Waals surface area contributed by atoms with E-state index in [2.05, 4.69) is 59.9 Å². The van der Waals surface area contributed by atoms with Gasteiger partial charge in [-0.2, -0.15) is 0 Å². The van der Waals surface area contributed by atoms with Gasteiger partial charge in [0.2, 0.25) is 0 Å². The molecule has 0 radical (unpaired) electrons. The minimum absolute atomic E-state index is 0.0286. The monoisotopic (exact) mass is 440 g/mol. The van der Waals surface area contributed by atoms with Gasteiger partial charge in [0.15, 0.2) is 0 Å². The molecule has 0 spiro atoms. The Labute approximate surface area is 149 Å². The van der Waals surface area contributed by atoms with Crippen molar-refractivity contribution in [2.75, 3.05) is 6.54 Å². The zero-order chi connectivity index (χ0) is 15.7. The third-order valence-corrected chi connectivity index (χ3v) is 5.49. The highest BCUT2D eigenvalue weighted by atomic mass is 79.9. The second-order valence-corrected chi connectivity index (χ2v) is 8.28. The van der Waals surface area contributed by atoms with E-state index in [-0.39, 0.29) is 5.91 Å². The fraction of sp³-hybridized carbons (Fsp3) is 0.188. The van der Waals surface area contributed by atoms with Gasteiger partial charge in [0.25, 0.3) is 5.91 Å². The average molecular weight is 442 g/mol. The van der Waals surface area contributed by atoms with Crippen LogP contribution in [-0.2, 0) is 6.54 Å². The number of halogens is 2. The molecule has 2 heterocycles. The predicted molar refractivity (Wildman–Crippen MR) is 98.8 cm³/mol. The van der Waals surface area contributed by atoms with Gasteiger partial charge in [-0.3, -0.25) is 4.79 Å². The van der Waals surface area contributed by atoms with Crippen LogP contribution in [0.4, 0.5) is 0 Å². The van der Waals surface area contributed by atoms with Crippen molar-refractivity contribution in [1.29, 1.82) is 0 Å². The molecule has 0 atom stereocenters. The Hall–Kier alpha value is -1.11. The molecule has 0 aliphatic heterocycles. The highest BCUT2D eigenvalue weighted by Gasteiger charge is 2.17. The number of carbonyl (C=O) groups is 1. The Morgan fingerprint density at radius 2 is 1.95 bits per heavy atom. The number of thiophene rings is 1. The van der Waals surface area contributed by atoms with Crippen molar-refractivity contribution in [3.8, 4) is 0 Å². The van der Waals surface area contributed by atoms with Gasteiger partial charge < -0.3 is 9.88 Å². The van der Waals surface area contributed by atoms with E-state index in [1.807, 2.05) is 25.1 Å². The molecule has 2 aromatic heterocycles. The van der Waals surface area contributed by atoms with Crippen molar-refractivity contribution in [2.24, 2.45) is 0 Å². The Morgan fingerprint density at radius 3 is 2.64 bits per heavy atom. The first kappa shape index (κ1) is 15.8. The third kappa shape index (κ3) is 3.14. The largest absolute Gasteiger partial charge is 0.351 e. The van der Waals surface area contributed by atoms with E-state index in [0.29, 0.717) is 18.8 Å². The maximum absolute atomic E-state index is 12.3. The number of amides is 1. The van der Waals surface area contributed by atoms with Crippen molar-refractivity contribution < 1.29 is 4.79 Å². The summed E-state index contributed by atoms with van der Waals surface area (Å²) < 4.78 is 5.32. The van der Waals surface area contributed by atoms with Crippen LogP contribution < -0.4 is 5.32 Å². The van der Waals surface area contributed by atoms with E-state index in [0.717, 1.165) is 24.0 Å². The Morgan fingerprint density at radius 1 is 1.23 bits per heavy atom. The number of benzene rings is 1. The van der Waals surface area contributed by atoms with Crippen molar-refractivity contribution >= 4 is 59.3 Å². The van der Waals surface area contributed by atoms with Gasteiger partial charge in [-0.25, -0.2) is 0 Å². The summed E-state index contributed by atoms with van der Waals surface area (Å²) in [5.41, 5.74) is 2.95. The minimum atomic E-state index is -0.0286. The van der Waals surface area contributed by atoms with Crippen molar-refractivity contribution in [1.82, 2.24) is 9.88 Å². The molecule has 0 saturated heterocycles. The lowest BCUT2D eigenvalue weighted by Crippen LogP contribution is -2.25. The van der Waals surface area contributed by atoms with Gasteiger partial charge >= 0.3 is 0 Å². The summed E-state index contributed by atoms with van der Waals surface area (Å²) in [6.45, 7) is 3.23. The number of aromatic nitrogens is 1. The van der Waals surface area contributed by atoms with Gasteiger partial charge in [-0.15, -0.1) is 11.3 Å². The maximum atomic E-state index is 12.3. The van der Waals surface area contributed by atoms with Crippen LogP contribution in [0.15, 0.2) is 44.7 Å². The zero-order valence-electron chi connectivity index (χ0n) is 11.9. The summed E-state index contributed by atoms with van der Waals surface area (Å²) in [4.78, 5) is 12.3. The quantitative estimate of drug-likeness (QED) is 0.605. The van der Waals surface area contributed by atoms with Gasteiger partial charge in [-0.1, -0.05) is 28.1 Å². The van der Waals surface area contributed by atoms with Crippen molar-refractivity contribution in [2.45, 2.75) is 13.5 Å². The summed E-state index contributed by atoms with van der Waals surface area (Å²) in [5, 5.41) is 2.89. The van der Waals surface area contributed by atoms with Gasteiger partial charge in [0.1, 0.15) is 5.69 Å². The van der Waals surface area contributed by atoms with E-state index in [9.17, 15) is 4.79 Å². The molecule has 1 N–H and O–H groups in total. The standard InChI is InChI=1S/C16H14Br2N2OS/c1-2-19-16(21)13-7-14-12(8-15(18)22-14)20(13)9-10-3-5-11(17)6-4-10/h3-8H,2,9H2,1H3,(H,19,21). The molecule has 114 valence electrons. The molecule has 3 rings (SSSR count). The smallest absolute Gasteiger partial charge is 0.267 e. The Bertz CT molecular complexity index is 821. The summed E-state index contributed by atoms with van der Waals surface area (Å²) in [5.74, 6) is -0.0286. The fourth-order valence-electron chi connectivity index (χ4n) is 2.39. The van der Waals surface area contributed by atoms with E-state index in [1.165, 1.54) is 0 Å². The number of nitrogens with one attached hydrogen (secondary N) is 1. The number of rotatable bonds is 4. The van der Waals surface area contributed by atoms with E-state index in [1.54, 1.807) is 11.3 Å². The summed E-state index contributed by atoms with van der Waals surface area (Å²) >= 11 is 8.62. The Balaban J connectivity index is 2.05. The van der Waals surface area contributed by atoms with Crippen LogP contribution in [0.2, 0.25) is 0 Å². The SMILES string of the molecule is CCNC(=O)c1cc2sc(Br)cc2n1Cc1ccc(Br)cc1. The van der Waals surface area contributed by atoms with E-state index in [4.69, 9.17) is 0 Å². The normalized spacial score (nSPS) is 11.0. The first-order chi connectivity index (χ1) is 10.6. The molecule has 0 aliphatic carbocycles. The van der Waals surface area contributed by atoms with Crippen LogP contribution in [0.3, 0.4) is 0 Å². The van der Waals surface area contributed by atoms with E-state index >= 15 is 0 Å². The molecule has 1 aromatic carbocycles. The molecule has 22 heavy (non-hydrogen) atoms. The van der Waals surface area contributed by atoms with Crippen molar-refractivity contribution in [3.63, 3.8) is 0 Å². The molecule has 1 amide bonds. The first-order valence-corrected chi connectivity index (χ1v) is 9.30. The second kappa shape index (κ2) is 6.56. The summed E-state index contributed by atoms with van der Waals surface area (Å²) in [6, 6.07) is 12.2. The number of hydrogen-bond donors (Lipinski definition) is 1. The van der Waals surface area contributed by atoms with Crippen molar-refractivity contribution in [3.05, 3.63) is 55.9 Å². The van der Waals surface area contributed by atoms with Gasteiger partial charge in [-0.05, 0) is 52.7 Å². The molecular weight excluding hydrogens is 428 g/mol. The molecule has 0 fully saturated rings. The highest BCUT2D eigenvalue weighted by molar-refractivity contribution is 9.11. The molecule has 0 bridgehead atoms. The number of carbonyl (C=O) groups excluding carboxylic acids is 1. The number of hydrogen-bond acceptors (Lipinski definition) is 2. The second-order valence-electron chi connectivity index (χ2n) is 4.90. The van der Waals surface area contributed by atoms with Crippen LogP contribution in [0.1, 0.15) is 23.0 Å². The average Bonchev–Trinajstić information content (AvgIpc) is 2.99. The molecular formula is C16H14Br2N2OS. The molecule has 3 aromatic rings. The third-order valence-electron chi connectivity index (χ3n) is 3.38. The summed E-state index contributed by atoms with van der Waals surface area (Å²) in [6.07, 6.45) is 0. The van der Waals surface area contributed by atoms with Crippen LogP contribution >= 0.6 is 43.2 Å². The van der Waals surface area contributed by atoms with Crippen LogP contribution in [0.25, 0.3) is 10.2 Å². The lowest BCUT2D eigenvalue weighted by Gasteiger charge is -2.10. The minimum Gasteiger partial charge on any atom is -0.351 e. The lowest BCUT2D eigenvalue weighted by atomic mass is 10.2. The maximum Gasteiger partial charge on any atom is 0.267 e. The Kier molecular flexibility index (Phi) is 4.70. The molecule has 6 heteroatoms. The summed E-state index contributed by atoms with van der Waals surface area (Å²) in [7, 11) is 0. The zero-order valence-corrected chi connectivity index (χ0v) is 15.9. The number of fused-ring (bicyclic) bond motifs is 1. The number of nitrogens with zero attached hydrogens (tertiary/aromatic N) is 1. The molecule has 0 unspecified atom stereocenters. The van der Waals surface area contributed by atoms with E-state index < -0.39 is 0 Å². The van der Waals surface area contributed by atoms with Crippen LogP contribution in [0.5, 0.6) is 0 Å². The van der Waals surface area contributed by atoms with Crippen LogP contribution in [0, 0.1) is 0 Å².